The zero-order chi connectivity index (χ0) is 15.5. The molecule has 0 fully saturated rings. The molecule has 3 aromatic rings. The maximum Gasteiger partial charge on any atom is 0.263 e. The minimum Gasteiger partial charge on any atom is -0.496 e. The highest BCUT2D eigenvalue weighted by Crippen LogP contribution is 2.29. The molecule has 0 bridgehead atoms. The maximum atomic E-state index is 12.6. The number of rotatable bonds is 4. The molecule has 1 aromatic heterocycles. The van der Waals surface area contributed by atoms with Gasteiger partial charge in [-0.25, -0.2) is 0 Å². The van der Waals surface area contributed by atoms with Crippen molar-refractivity contribution < 1.29 is 14.3 Å². The van der Waals surface area contributed by atoms with Crippen LogP contribution in [-0.2, 0) is 0 Å². The minimum absolute atomic E-state index is 0.278. The lowest BCUT2D eigenvalue weighted by Gasteiger charge is -2.13. The average molecular weight is 296 g/mol. The fourth-order valence-corrected chi connectivity index (χ4v) is 2.39. The number of hydrogen-bond acceptors (Lipinski definition) is 3. The first kappa shape index (κ1) is 14.0. The van der Waals surface area contributed by atoms with E-state index in [0.717, 1.165) is 10.9 Å². The largest absolute Gasteiger partial charge is 0.496 e. The van der Waals surface area contributed by atoms with Gasteiger partial charge < -0.3 is 19.8 Å². The van der Waals surface area contributed by atoms with Crippen molar-refractivity contribution in [3.8, 4) is 11.5 Å². The van der Waals surface area contributed by atoms with Crippen LogP contribution in [0.3, 0.4) is 0 Å². The molecule has 0 aliphatic carbocycles. The number of carbonyl (C=O) groups excluding carboxylic acids is 1. The molecule has 0 atom stereocenters. The summed E-state index contributed by atoms with van der Waals surface area (Å²) in [6.07, 6.45) is 1.86. The van der Waals surface area contributed by atoms with Gasteiger partial charge in [0.25, 0.3) is 5.91 Å². The molecule has 0 saturated heterocycles. The summed E-state index contributed by atoms with van der Waals surface area (Å²) >= 11 is 0. The van der Waals surface area contributed by atoms with Gasteiger partial charge in [0.05, 0.1) is 14.2 Å². The number of hydrogen-bond donors (Lipinski definition) is 2. The lowest BCUT2D eigenvalue weighted by atomic mass is 10.1. The third-order valence-electron chi connectivity index (χ3n) is 3.47. The van der Waals surface area contributed by atoms with Gasteiger partial charge >= 0.3 is 0 Å². The molecule has 1 amide bonds. The zero-order valence-electron chi connectivity index (χ0n) is 12.3. The molecule has 22 heavy (non-hydrogen) atoms. The summed E-state index contributed by atoms with van der Waals surface area (Å²) in [6.45, 7) is 0. The van der Waals surface area contributed by atoms with Crippen molar-refractivity contribution in [2.45, 2.75) is 0 Å². The standard InChI is InChI=1S/C17H16N2O3/c1-21-14-4-3-5-15(22-2)16(14)17(20)19-12-7-6-11-8-9-18-13(11)10-12/h3-10,18H,1-2H3,(H,19,20). The van der Waals surface area contributed by atoms with Gasteiger partial charge in [-0.2, -0.15) is 0 Å². The van der Waals surface area contributed by atoms with Gasteiger partial charge in [0, 0.05) is 17.4 Å². The molecule has 5 nitrogen and oxygen atoms in total. The normalized spacial score (nSPS) is 10.5. The van der Waals surface area contributed by atoms with Gasteiger partial charge in [0.2, 0.25) is 0 Å². The van der Waals surface area contributed by atoms with E-state index in [4.69, 9.17) is 9.47 Å². The second kappa shape index (κ2) is 5.81. The molecule has 3 rings (SSSR count). The van der Waals surface area contributed by atoms with E-state index in [1.165, 1.54) is 14.2 Å². The summed E-state index contributed by atoms with van der Waals surface area (Å²) in [6, 6.07) is 12.9. The van der Waals surface area contributed by atoms with Crippen molar-refractivity contribution in [1.82, 2.24) is 4.98 Å². The predicted molar refractivity (Wildman–Crippen MR) is 85.8 cm³/mol. The van der Waals surface area contributed by atoms with Crippen LogP contribution in [0.1, 0.15) is 10.4 Å². The van der Waals surface area contributed by atoms with E-state index in [1.54, 1.807) is 18.2 Å². The van der Waals surface area contributed by atoms with Crippen LogP contribution < -0.4 is 14.8 Å². The molecule has 2 N–H and O–H groups in total. The molecule has 0 spiro atoms. The monoisotopic (exact) mass is 296 g/mol. The molecule has 1 heterocycles. The van der Waals surface area contributed by atoms with Crippen LogP contribution in [0.5, 0.6) is 11.5 Å². The summed E-state index contributed by atoms with van der Waals surface area (Å²) in [7, 11) is 3.05. The van der Waals surface area contributed by atoms with Crippen molar-refractivity contribution in [2.75, 3.05) is 19.5 Å². The maximum absolute atomic E-state index is 12.6. The van der Waals surface area contributed by atoms with E-state index in [9.17, 15) is 4.79 Å². The first-order valence-corrected chi connectivity index (χ1v) is 6.82. The highest BCUT2D eigenvalue weighted by Gasteiger charge is 2.18. The number of H-pyrrole nitrogens is 1. The molecule has 112 valence electrons. The number of fused-ring (bicyclic) bond motifs is 1. The lowest BCUT2D eigenvalue weighted by Crippen LogP contribution is -2.14. The van der Waals surface area contributed by atoms with Gasteiger partial charge in [0.1, 0.15) is 17.1 Å². The number of aromatic amines is 1. The zero-order valence-corrected chi connectivity index (χ0v) is 12.3. The van der Waals surface area contributed by atoms with Gasteiger partial charge in [-0.1, -0.05) is 12.1 Å². The van der Waals surface area contributed by atoms with Crippen LogP contribution in [0.2, 0.25) is 0 Å². The third kappa shape index (κ3) is 2.48. The lowest BCUT2D eigenvalue weighted by molar-refractivity contribution is 0.102. The highest BCUT2D eigenvalue weighted by molar-refractivity contribution is 6.08. The molecular weight excluding hydrogens is 280 g/mol. The molecule has 0 unspecified atom stereocenters. The highest BCUT2D eigenvalue weighted by atomic mass is 16.5. The molecule has 0 aliphatic rings. The number of aromatic nitrogens is 1. The number of nitrogens with one attached hydrogen (secondary N) is 2. The Bertz CT molecular complexity index is 801. The number of ether oxygens (including phenoxy) is 2. The number of carbonyl (C=O) groups is 1. The van der Waals surface area contributed by atoms with E-state index in [1.807, 2.05) is 30.5 Å². The first-order chi connectivity index (χ1) is 10.7. The van der Waals surface area contributed by atoms with E-state index < -0.39 is 0 Å². The van der Waals surface area contributed by atoms with Gasteiger partial charge in [0.15, 0.2) is 0 Å². The van der Waals surface area contributed by atoms with Crippen LogP contribution in [0.4, 0.5) is 5.69 Å². The smallest absolute Gasteiger partial charge is 0.263 e. The summed E-state index contributed by atoms with van der Waals surface area (Å²) in [4.78, 5) is 15.7. The molecular formula is C17H16N2O3. The Hall–Kier alpha value is -2.95. The van der Waals surface area contributed by atoms with E-state index in [-0.39, 0.29) is 5.91 Å². The Morgan fingerprint density at radius 2 is 1.77 bits per heavy atom. The van der Waals surface area contributed by atoms with Crippen molar-refractivity contribution in [1.29, 1.82) is 0 Å². The Kier molecular flexibility index (Phi) is 3.70. The van der Waals surface area contributed by atoms with Crippen LogP contribution in [0.15, 0.2) is 48.7 Å². The summed E-state index contributed by atoms with van der Waals surface area (Å²) in [5.41, 5.74) is 2.04. The average Bonchev–Trinajstić information content (AvgIpc) is 3.01. The molecule has 0 saturated carbocycles. The fraction of sp³-hybridized carbons (Fsp3) is 0.118. The van der Waals surface area contributed by atoms with Crippen LogP contribution in [-0.4, -0.2) is 25.1 Å². The van der Waals surface area contributed by atoms with Crippen molar-refractivity contribution in [3.63, 3.8) is 0 Å². The number of anilines is 1. The molecule has 0 aliphatic heterocycles. The topological polar surface area (TPSA) is 63.4 Å². The SMILES string of the molecule is COc1cccc(OC)c1C(=O)Nc1ccc2cc[nH]c2c1. The first-order valence-electron chi connectivity index (χ1n) is 6.82. The van der Waals surface area contributed by atoms with Gasteiger partial charge in [-0.15, -0.1) is 0 Å². The minimum atomic E-state index is -0.278. The number of amides is 1. The van der Waals surface area contributed by atoms with Gasteiger partial charge in [-0.3, -0.25) is 4.79 Å². The van der Waals surface area contributed by atoms with E-state index >= 15 is 0 Å². The Labute approximate surface area is 127 Å². The van der Waals surface area contributed by atoms with Crippen LogP contribution in [0, 0.1) is 0 Å². The molecule has 5 heteroatoms. The fourth-order valence-electron chi connectivity index (χ4n) is 2.39. The van der Waals surface area contributed by atoms with Crippen LogP contribution >= 0.6 is 0 Å². The van der Waals surface area contributed by atoms with Gasteiger partial charge in [-0.05, 0) is 35.7 Å². The predicted octanol–water partition coefficient (Wildman–Crippen LogP) is 3.44. The Morgan fingerprint density at radius 3 is 2.45 bits per heavy atom. The quantitative estimate of drug-likeness (QED) is 0.775. The number of benzene rings is 2. The Balaban J connectivity index is 1.94. The molecule has 0 radical (unpaired) electrons. The van der Waals surface area contributed by atoms with Crippen molar-refractivity contribution in [3.05, 3.63) is 54.2 Å². The second-order valence-corrected chi connectivity index (χ2v) is 4.77. The third-order valence-corrected chi connectivity index (χ3v) is 3.47. The van der Waals surface area contributed by atoms with Crippen molar-refractivity contribution in [2.24, 2.45) is 0 Å². The van der Waals surface area contributed by atoms with E-state index in [0.29, 0.717) is 22.7 Å². The van der Waals surface area contributed by atoms with E-state index in [2.05, 4.69) is 10.3 Å². The number of methoxy groups -OCH3 is 2. The molecule has 2 aromatic carbocycles. The van der Waals surface area contributed by atoms with Crippen LogP contribution in [0.25, 0.3) is 10.9 Å². The summed E-state index contributed by atoms with van der Waals surface area (Å²) in [5, 5.41) is 3.96. The Morgan fingerprint density at radius 1 is 1.05 bits per heavy atom. The second-order valence-electron chi connectivity index (χ2n) is 4.77. The summed E-state index contributed by atoms with van der Waals surface area (Å²) in [5.74, 6) is 0.663. The van der Waals surface area contributed by atoms with Crippen molar-refractivity contribution >= 4 is 22.5 Å². The summed E-state index contributed by atoms with van der Waals surface area (Å²) < 4.78 is 10.5.